The molecule has 3 fully saturated rings. The highest BCUT2D eigenvalue weighted by molar-refractivity contribution is 5.90. The Morgan fingerprint density at radius 3 is 2.60 bits per heavy atom. The number of carbonyl (C=O) groups excluding carboxylic acids is 2. The predicted octanol–water partition coefficient (Wildman–Crippen LogP) is 2.42. The first-order valence-electron chi connectivity index (χ1n) is 12.4. The minimum atomic E-state index is -0.690. The molecule has 1 amide bonds. The summed E-state index contributed by atoms with van der Waals surface area (Å²) >= 11 is 0. The summed E-state index contributed by atoms with van der Waals surface area (Å²) < 4.78 is 27.5. The minimum absolute atomic E-state index is 0.0705. The summed E-state index contributed by atoms with van der Waals surface area (Å²) in [6.07, 6.45) is 3.03. The zero-order valence-corrected chi connectivity index (χ0v) is 20.1. The number of ether oxygens (including phenoxy) is 2. The third-order valence-electron chi connectivity index (χ3n) is 7.06. The Morgan fingerprint density at radius 2 is 1.91 bits per heavy atom. The first kappa shape index (κ1) is 23.6. The van der Waals surface area contributed by atoms with E-state index in [4.69, 9.17) is 9.47 Å². The summed E-state index contributed by atoms with van der Waals surface area (Å²) in [5, 5.41) is 3.21. The largest absolute Gasteiger partial charge is 0.462 e. The zero-order chi connectivity index (χ0) is 24.7. The molecule has 1 saturated carbocycles. The Balaban J connectivity index is 1.46. The number of halogens is 1. The lowest BCUT2D eigenvalue weighted by Gasteiger charge is -2.28. The van der Waals surface area contributed by atoms with Crippen molar-refractivity contribution in [2.45, 2.75) is 45.1 Å². The van der Waals surface area contributed by atoms with Gasteiger partial charge in [-0.05, 0) is 49.8 Å². The summed E-state index contributed by atoms with van der Waals surface area (Å²) in [7, 11) is 0. The fraction of sp³-hybridized carbons (Fsp3) is 0.560. The summed E-state index contributed by atoms with van der Waals surface area (Å²) in [4.78, 5) is 41.6. The van der Waals surface area contributed by atoms with Crippen LogP contribution in [0.2, 0.25) is 0 Å². The third-order valence-corrected chi connectivity index (χ3v) is 7.06. The Bertz CT molecular complexity index is 1220. The number of rotatable bonds is 5. The SMILES string of the molecule is CCOC(=O)c1cc(C2CC2)c2c(C)c(N3CCC(OC(=O)N4CCNCC4)C3)c(F)cn2c1=O. The van der Waals surface area contributed by atoms with Gasteiger partial charge in [-0.25, -0.2) is 14.0 Å². The van der Waals surface area contributed by atoms with Crippen LogP contribution in [0.25, 0.3) is 5.52 Å². The molecule has 0 spiro atoms. The highest BCUT2D eigenvalue weighted by Crippen LogP contribution is 2.44. The second-order valence-corrected chi connectivity index (χ2v) is 9.46. The van der Waals surface area contributed by atoms with Crippen LogP contribution in [0.5, 0.6) is 0 Å². The van der Waals surface area contributed by atoms with E-state index in [2.05, 4.69) is 5.32 Å². The van der Waals surface area contributed by atoms with Gasteiger partial charge >= 0.3 is 12.1 Å². The molecule has 2 aromatic heterocycles. The van der Waals surface area contributed by atoms with Gasteiger partial charge in [0, 0.05) is 39.1 Å². The van der Waals surface area contributed by atoms with E-state index in [0.29, 0.717) is 49.4 Å². The number of hydrogen-bond donors (Lipinski definition) is 1. The quantitative estimate of drug-likeness (QED) is 0.649. The Kier molecular flexibility index (Phi) is 6.39. The summed E-state index contributed by atoms with van der Waals surface area (Å²) in [6.45, 7) is 7.28. The number of nitrogens with zero attached hydrogens (tertiary/aromatic N) is 3. The van der Waals surface area contributed by atoms with Gasteiger partial charge in [0.25, 0.3) is 5.56 Å². The van der Waals surface area contributed by atoms with E-state index in [9.17, 15) is 14.4 Å². The molecule has 10 heteroatoms. The number of pyridine rings is 2. The lowest BCUT2D eigenvalue weighted by atomic mass is 10.0. The number of aromatic nitrogens is 1. The molecule has 5 rings (SSSR count). The zero-order valence-electron chi connectivity index (χ0n) is 20.1. The number of aryl methyl sites for hydroxylation is 1. The summed E-state index contributed by atoms with van der Waals surface area (Å²) in [5.74, 6) is -1.01. The fourth-order valence-electron chi connectivity index (χ4n) is 5.18. The molecule has 1 N–H and O–H groups in total. The van der Waals surface area contributed by atoms with Gasteiger partial charge in [0.2, 0.25) is 0 Å². The lowest BCUT2D eigenvalue weighted by molar-refractivity contribution is 0.0523. The molecule has 0 bridgehead atoms. The maximum absolute atomic E-state index is 15.5. The van der Waals surface area contributed by atoms with E-state index >= 15 is 4.39 Å². The second kappa shape index (κ2) is 9.49. The highest BCUT2D eigenvalue weighted by atomic mass is 19.1. The number of piperazine rings is 1. The van der Waals surface area contributed by atoms with E-state index in [1.165, 1.54) is 10.6 Å². The van der Waals surface area contributed by atoms with Crippen LogP contribution in [0.3, 0.4) is 0 Å². The van der Waals surface area contributed by atoms with Crippen molar-refractivity contribution in [1.82, 2.24) is 14.6 Å². The molecule has 1 unspecified atom stereocenters. The maximum atomic E-state index is 15.5. The smallest absolute Gasteiger partial charge is 0.410 e. The lowest BCUT2D eigenvalue weighted by Crippen LogP contribution is -2.47. The van der Waals surface area contributed by atoms with Crippen molar-refractivity contribution in [2.75, 3.05) is 50.8 Å². The van der Waals surface area contributed by atoms with Crippen LogP contribution in [0, 0.1) is 12.7 Å². The van der Waals surface area contributed by atoms with Crippen molar-refractivity contribution < 1.29 is 23.5 Å². The average molecular weight is 487 g/mol. The Hall–Kier alpha value is -3.14. The first-order valence-corrected chi connectivity index (χ1v) is 12.4. The standard InChI is InChI=1S/C25H31FN4O5/c1-3-34-24(32)19-12-18(16-4-5-16)21-15(2)22(20(26)14-30(21)23(19)31)29-9-6-17(13-29)35-25(33)28-10-7-27-8-11-28/h12,14,16-17,27H,3-11,13H2,1-2H3. The Morgan fingerprint density at radius 1 is 1.17 bits per heavy atom. The van der Waals surface area contributed by atoms with Crippen molar-refractivity contribution in [3.8, 4) is 0 Å². The average Bonchev–Trinajstić information content (AvgIpc) is 3.60. The summed E-state index contributed by atoms with van der Waals surface area (Å²) in [5.41, 5.74) is 1.92. The van der Waals surface area contributed by atoms with Gasteiger partial charge in [-0.15, -0.1) is 0 Å². The van der Waals surface area contributed by atoms with Crippen LogP contribution in [0.1, 0.15) is 53.6 Å². The number of hydrogen-bond acceptors (Lipinski definition) is 7. The Labute approximate surface area is 202 Å². The molecule has 2 aromatic rings. The topological polar surface area (TPSA) is 92.6 Å². The normalized spacial score (nSPS) is 20.4. The van der Waals surface area contributed by atoms with Gasteiger partial charge in [0.1, 0.15) is 11.7 Å². The number of anilines is 1. The number of carbonyl (C=O) groups is 2. The maximum Gasteiger partial charge on any atom is 0.410 e. The van der Waals surface area contributed by atoms with E-state index in [1.54, 1.807) is 17.9 Å². The highest BCUT2D eigenvalue weighted by Gasteiger charge is 2.34. The molecule has 1 atom stereocenters. The predicted molar refractivity (Wildman–Crippen MR) is 128 cm³/mol. The van der Waals surface area contributed by atoms with Gasteiger partial charge in [0.05, 0.1) is 30.6 Å². The molecule has 2 aliphatic heterocycles. The van der Waals surface area contributed by atoms with E-state index in [0.717, 1.165) is 31.5 Å². The van der Waals surface area contributed by atoms with Crippen LogP contribution in [0.15, 0.2) is 17.1 Å². The molecule has 188 valence electrons. The number of fused-ring (bicyclic) bond motifs is 1. The van der Waals surface area contributed by atoms with Crippen molar-refractivity contribution in [2.24, 2.45) is 0 Å². The third kappa shape index (κ3) is 4.47. The molecule has 0 aromatic carbocycles. The van der Waals surface area contributed by atoms with Crippen molar-refractivity contribution in [1.29, 1.82) is 0 Å². The molecule has 1 aliphatic carbocycles. The molecular weight excluding hydrogens is 455 g/mol. The summed E-state index contributed by atoms with van der Waals surface area (Å²) in [6, 6.07) is 1.63. The van der Waals surface area contributed by atoms with Crippen molar-refractivity contribution in [3.05, 3.63) is 45.1 Å². The monoisotopic (exact) mass is 486 g/mol. The molecular formula is C25H31FN4O5. The van der Waals surface area contributed by atoms with Crippen molar-refractivity contribution in [3.63, 3.8) is 0 Å². The van der Waals surface area contributed by atoms with Crippen LogP contribution in [-0.4, -0.2) is 73.3 Å². The molecule has 2 saturated heterocycles. The van der Waals surface area contributed by atoms with Crippen LogP contribution in [-0.2, 0) is 9.47 Å². The van der Waals surface area contributed by atoms with Crippen LogP contribution in [0.4, 0.5) is 14.9 Å². The minimum Gasteiger partial charge on any atom is -0.462 e. The van der Waals surface area contributed by atoms with Gasteiger partial charge in [-0.3, -0.25) is 9.20 Å². The van der Waals surface area contributed by atoms with E-state index in [1.807, 2.05) is 11.8 Å². The van der Waals surface area contributed by atoms with Crippen LogP contribution >= 0.6 is 0 Å². The molecule has 0 radical (unpaired) electrons. The molecule has 3 aliphatic rings. The van der Waals surface area contributed by atoms with Gasteiger partial charge in [-0.2, -0.15) is 0 Å². The molecule has 9 nitrogen and oxygen atoms in total. The molecule has 35 heavy (non-hydrogen) atoms. The van der Waals surface area contributed by atoms with Crippen LogP contribution < -0.4 is 15.8 Å². The number of amides is 1. The van der Waals surface area contributed by atoms with Gasteiger partial charge in [-0.1, -0.05) is 0 Å². The fourth-order valence-corrected chi connectivity index (χ4v) is 5.18. The van der Waals surface area contributed by atoms with Gasteiger partial charge in [0.15, 0.2) is 5.82 Å². The van der Waals surface area contributed by atoms with E-state index in [-0.39, 0.29) is 30.3 Å². The van der Waals surface area contributed by atoms with Gasteiger partial charge < -0.3 is 24.6 Å². The number of nitrogens with one attached hydrogen (secondary N) is 1. The number of esters is 1. The van der Waals surface area contributed by atoms with E-state index < -0.39 is 17.3 Å². The first-order chi connectivity index (χ1) is 16.9. The van der Waals surface area contributed by atoms with Crippen molar-refractivity contribution >= 4 is 23.3 Å². The molecule has 4 heterocycles. The second-order valence-electron chi connectivity index (χ2n) is 9.46.